The average molecular weight is 348 g/mol. The standard InChI is InChI=1S/C16H16N2O3S2/c1-11-7-17-15(21-11)10-23(19)9-13-8-22-16(18-13)12-3-5-14(20-2)6-4-12/h3-8H,9-10H2,1-2H3. The minimum absolute atomic E-state index is 0.309. The maximum Gasteiger partial charge on any atom is 0.206 e. The Hall–Kier alpha value is -1.99. The van der Waals surface area contributed by atoms with E-state index >= 15 is 0 Å². The van der Waals surface area contributed by atoms with Crippen molar-refractivity contribution in [3.05, 3.63) is 53.2 Å². The zero-order valence-electron chi connectivity index (χ0n) is 12.8. The minimum Gasteiger partial charge on any atom is -0.497 e. The Balaban J connectivity index is 1.65. The molecule has 0 N–H and O–H groups in total. The van der Waals surface area contributed by atoms with Crippen LogP contribution in [0.5, 0.6) is 5.75 Å². The van der Waals surface area contributed by atoms with Gasteiger partial charge < -0.3 is 9.15 Å². The fourth-order valence-corrected chi connectivity index (χ4v) is 3.98. The summed E-state index contributed by atoms with van der Waals surface area (Å²) in [5.74, 6) is 2.75. The van der Waals surface area contributed by atoms with E-state index in [1.807, 2.05) is 36.6 Å². The number of ether oxygens (including phenoxy) is 1. The molecular formula is C16H16N2O3S2. The Labute approximate surface area is 140 Å². The van der Waals surface area contributed by atoms with Gasteiger partial charge in [0.2, 0.25) is 5.89 Å². The van der Waals surface area contributed by atoms with Gasteiger partial charge in [-0.05, 0) is 31.2 Å². The van der Waals surface area contributed by atoms with Gasteiger partial charge in [-0.3, -0.25) is 4.21 Å². The third kappa shape index (κ3) is 4.05. The van der Waals surface area contributed by atoms with Crippen molar-refractivity contribution in [2.24, 2.45) is 0 Å². The highest BCUT2D eigenvalue weighted by Crippen LogP contribution is 2.26. The molecule has 5 nitrogen and oxygen atoms in total. The van der Waals surface area contributed by atoms with E-state index in [4.69, 9.17) is 9.15 Å². The number of thiazole rings is 1. The molecule has 0 amide bonds. The summed E-state index contributed by atoms with van der Waals surface area (Å²) in [6, 6.07) is 7.74. The summed E-state index contributed by atoms with van der Waals surface area (Å²) in [6.45, 7) is 1.82. The molecule has 0 aliphatic rings. The molecule has 3 aromatic rings. The van der Waals surface area contributed by atoms with Crippen LogP contribution < -0.4 is 4.74 Å². The summed E-state index contributed by atoms with van der Waals surface area (Å²) in [4.78, 5) is 8.63. The Morgan fingerprint density at radius 1 is 1.26 bits per heavy atom. The lowest BCUT2D eigenvalue weighted by molar-refractivity contribution is 0.415. The van der Waals surface area contributed by atoms with Crippen molar-refractivity contribution in [2.45, 2.75) is 18.4 Å². The van der Waals surface area contributed by atoms with Gasteiger partial charge in [-0.25, -0.2) is 9.97 Å². The van der Waals surface area contributed by atoms with Crippen LogP contribution in [0.25, 0.3) is 10.6 Å². The van der Waals surface area contributed by atoms with Gasteiger partial charge in [-0.15, -0.1) is 11.3 Å². The summed E-state index contributed by atoms with van der Waals surface area (Å²) in [7, 11) is 0.551. The smallest absolute Gasteiger partial charge is 0.206 e. The highest BCUT2D eigenvalue weighted by atomic mass is 32.2. The number of methoxy groups -OCH3 is 1. The number of rotatable bonds is 6. The molecular weight excluding hydrogens is 332 g/mol. The molecule has 120 valence electrons. The normalized spacial score (nSPS) is 12.3. The Bertz CT molecular complexity index is 809. The van der Waals surface area contributed by atoms with Gasteiger partial charge in [0.05, 0.1) is 24.8 Å². The van der Waals surface area contributed by atoms with Crippen LogP contribution in [0.1, 0.15) is 17.3 Å². The molecule has 2 heterocycles. The molecule has 1 unspecified atom stereocenters. The number of aromatic nitrogens is 2. The summed E-state index contributed by atoms with van der Waals surface area (Å²) in [5.41, 5.74) is 1.85. The van der Waals surface area contributed by atoms with Gasteiger partial charge in [0.1, 0.15) is 22.3 Å². The molecule has 0 fully saturated rings. The van der Waals surface area contributed by atoms with Crippen LogP contribution in [-0.2, 0) is 22.3 Å². The van der Waals surface area contributed by atoms with Crippen LogP contribution >= 0.6 is 11.3 Å². The van der Waals surface area contributed by atoms with Gasteiger partial charge in [0.15, 0.2) is 0 Å². The van der Waals surface area contributed by atoms with E-state index in [0.717, 1.165) is 27.8 Å². The second-order valence-corrected chi connectivity index (χ2v) is 7.28. The molecule has 0 aliphatic heterocycles. The first-order chi connectivity index (χ1) is 11.1. The molecule has 0 bridgehead atoms. The van der Waals surface area contributed by atoms with E-state index < -0.39 is 10.8 Å². The van der Waals surface area contributed by atoms with E-state index in [-0.39, 0.29) is 0 Å². The van der Waals surface area contributed by atoms with Crippen LogP contribution in [0, 0.1) is 6.92 Å². The van der Waals surface area contributed by atoms with Crippen molar-refractivity contribution in [2.75, 3.05) is 7.11 Å². The number of hydrogen-bond donors (Lipinski definition) is 0. The molecule has 0 saturated heterocycles. The van der Waals surface area contributed by atoms with Crippen LogP contribution in [0.4, 0.5) is 0 Å². The Kier molecular flexibility index (Phi) is 4.88. The summed E-state index contributed by atoms with van der Waals surface area (Å²) < 4.78 is 22.7. The topological polar surface area (TPSA) is 65.2 Å². The maximum atomic E-state index is 12.2. The highest BCUT2D eigenvalue weighted by molar-refractivity contribution is 7.83. The van der Waals surface area contributed by atoms with Crippen molar-refractivity contribution >= 4 is 22.1 Å². The summed E-state index contributed by atoms with van der Waals surface area (Å²) in [6.07, 6.45) is 1.64. The van der Waals surface area contributed by atoms with E-state index in [2.05, 4.69) is 9.97 Å². The molecule has 0 radical (unpaired) electrons. The van der Waals surface area contributed by atoms with Gasteiger partial charge in [-0.1, -0.05) is 0 Å². The molecule has 0 spiro atoms. The van der Waals surface area contributed by atoms with Crippen molar-refractivity contribution < 1.29 is 13.4 Å². The van der Waals surface area contributed by atoms with Gasteiger partial charge >= 0.3 is 0 Å². The molecule has 0 aliphatic carbocycles. The van der Waals surface area contributed by atoms with Gasteiger partial charge in [-0.2, -0.15) is 0 Å². The van der Waals surface area contributed by atoms with Crippen LogP contribution in [0.2, 0.25) is 0 Å². The Morgan fingerprint density at radius 3 is 2.70 bits per heavy atom. The lowest BCUT2D eigenvalue weighted by Gasteiger charge is -2.00. The van der Waals surface area contributed by atoms with E-state index in [1.165, 1.54) is 0 Å². The number of hydrogen-bond acceptors (Lipinski definition) is 6. The van der Waals surface area contributed by atoms with Crippen molar-refractivity contribution in [1.29, 1.82) is 0 Å². The van der Waals surface area contributed by atoms with Crippen molar-refractivity contribution in [1.82, 2.24) is 9.97 Å². The lowest BCUT2D eigenvalue weighted by atomic mass is 10.2. The third-order valence-electron chi connectivity index (χ3n) is 3.15. The van der Waals surface area contributed by atoms with Crippen LogP contribution in [0.3, 0.4) is 0 Å². The maximum absolute atomic E-state index is 12.2. The Morgan fingerprint density at radius 2 is 2.04 bits per heavy atom. The molecule has 0 saturated carbocycles. The monoisotopic (exact) mass is 348 g/mol. The number of aryl methyl sites for hydroxylation is 1. The predicted molar refractivity (Wildman–Crippen MR) is 90.9 cm³/mol. The van der Waals surface area contributed by atoms with Crippen LogP contribution in [-0.4, -0.2) is 21.3 Å². The second-order valence-electron chi connectivity index (χ2n) is 4.97. The van der Waals surface area contributed by atoms with Gasteiger partial charge in [0.25, 0.3) is 0 Å². The molecule has 1 aromatic carbocycles. The first-order valence-corrected chi connectivity index (χ1v) is 9.36. The van der Waals surface area contributed by atoms with E-state index in [0.29, 0.717) is 17.4 Å². The molecule has 7 heteroatoms. The third-order valence-corrected chi connectivity index (χ3v) is 5.28. The predicted octanol–water partition coefficient (Wildman–Crippen LogP) is 3.56. The first kappa shape index (κ1) is 15.9. The lowest BCUT2D eigenvalue weighted by Crippen LogP contribution is -2.00. The van der Waals surface area contributed by atoms with Crippen LogP contribution in [0.15, 0.2) is 40.3 Å². The number of benzene rings is 1. The average Bonchev–Trinajstić information content (AvgIpc) is 3.16. The van der Waals surface area contributed by atoms with Gasteiger partial charge in [0, 0.05) is 21.7 Å². The highest BCUT2D eigenvalue weighted by Gasteiger charge is 2.11. The second kappa shape index (κ2) is 7.06. The SMILES string of the molecule is COc1ccc(-c2nc(CS(=O)Cc3ncc(C)o3)cs2)cc1. The fraction of sp³-hybridized carbons (Fsp3) is 0.250. The molecule has 23 heavy (non-hydrogen) atoms. The van der Waals surface area contributed by atoms with E-state index in [9.17, 15) is 4.21 Å². The van der Waals surface area contributed by atoms with Crippen molar-refractivity contribution in [3.63, 3.8) is 0 Å². The fourth-order valence-electron chi connectivity index (χ4n) is 2.06. The first-order valence-electron chi connectivity index (χ1n) is 6.99. The number of oxazole rings is 1. The summed E-state index contributed by atoms with van der Waals surface area (Å²) in [5, 5.41) is 2.85. The zero-order valence-corrected chi connectivity index (χ0v) is 14.4. The van der Waals surface area contributed by atoms with Crippen molar-refractivity contribution in [3.8, 4) is 16.3 Å². The molecule has 1 atom stereocenters. The largest absolute Gasteiger partial charge is 0.497 e. The van der Waals surface area contributed by atoms with E-state index in [1.54, 1.807) is 24.6 Å². The zero-order chi connectivity index (χ0) is 16.2. The molecule has 3 rings (SSSR count). The number of nitrogens with zero attached hydrogens (tertiary/aromatic N) is 2. The minimum atomic E-state index is -1.09. The summed E-state index contributed by atoms with van der Waals surface area (Å²) >= 11 is 1.54. The molecule has 2 aromatic heterocycles. The quantitative estimate of drug-likeness (QED) is 0.681.